The van der Waals surface area contributed by atoms with Gasteiger partial charge in [0.2, 0.25) is 15.9 Å². The SMILES string of the molecule is N[C@@H](CC(=O)N1CCN(C(=O)c2cccc(S(N)(=O)=O)c2)CC1)Cc1ccc(F)c(F)c1. The van der Waals surface area contributed by atoms with E-state index in [1.165, 1.54) is 35.2 Å². The molecule has 3 rings (SSSR count). The van der Waals surface area contributed by atoms with Crippen molar-refractivity contribution in [1.29, 1.82) is 0 Å². The normalized spacial score (nSPS) is 15.5. The molecule has 11 heteroatoms. The molecule has 172 valence electrons. The zero-order valence-corrected chi connectivity index (χ0v) is 18.0. The van der Waals surface area contributed by atoms with E-state index >= 15 is 0 Å². The minimum atomic E-state index is -3.92. The van der Waals surface area contributed by atoms with Crippen LogP contribution >= 0.6 is 0 Å². The number of halogens is 2. The maximum Gasteiger partial charge on any atom is 0.254 e. The summed E-state index contributed by atoms with van der Waals surface area (Å²) in [6, 6.07) is 8.44. The molecule has 2 aromatic rings. The number of amides is 2. The van der Waals surface area contributed by atoms with Gasteiger partial charge in [-0.25, -0.2) is 22.3 Å². The molecule has 4 N–H and O–H groups in total. The van der Waals surface area contributed by atoms with Crippen molar-refractivity contribution < 1.29 is 26.8 Å². The minimum Gasteiger partial charge on any atom is -0.339 e. The summed E-state index contributed by atoms with van der Waals surface area (Å²) in [6.45, 7) is 1.17. The third-order valence-corrected chi connectivity index (χ3v) is 6.16. The van der Waals surface area contributed by atoms with E-state index in [0.717, 1.165) is 12.1 Å². The van der Waals surface area contributed by atoms with Crippen molar-refractivity contribution >= 4 is 21.8 Å². The predicted octanol–water partition coefficient (Wildman–Crippen LogP) is 0.857. The number of carbonyl (C=O) groups is 2. The van der Waals surface area contributed by atoms with E-state index in [-0.39, 0.29) is 48.2 Å². The predicted molar refractivity (Wildman–Crippen MR) is 113 cm³/mol. The molecule has 0 saturated carbocycles. The van der Waals surface area contributed by atoms with Gasteiger partial charge in [0, 0.05) is 44.2 Å². The Labute approximate surface area is 184 Å². The number of hydrogen-bond acceptors (Lipinski definition) is 5. The average molecular weight is 467 g/mol. The van der Waals surface area contributed by atoms with Crippen LogP contribution in [0.15, 0.2) is 47.4 Å². The van der Waals surface area contributed by atoms with Crippen LogP contribution in [0.5, 0.6) is 0 Å². The van der Waals surface area contributed by atoms with Gasteiger partial charge in [0.25, 0.3) is 5.91 Å². The summed E-state index contributed by atoms with van der Waals surface area (Å²) in [6.07, 6.45) is 0.255. The fourth-order valence-electron chi connectivity index (χ4n) is 3.54. The summed E-state index contributed by atoms with van der Waals surface area (Å²) in [4.78, 5) is 28.2. The molecule has 1 aliphatic heterocycles. The highest BCUT2D eigenvalue weighted by Gasteiger charge is 2.26. The van der Waals surface area contributed by atoms with Gasteiger partial charge in [-0.3, -0.25) is 9.59 Å². The molecule has 2 amide bonds. The quantitative estimate of drug-likeness (QED) is 0.653. The zero-order valence-electron chi connectivity index (χ0n) is 17.2. The van der Waals surface area contributed by atoms with Crippen molar-refractivity contribution in [1.82, 2.24) is 9.80 Å². The number of sulfonamides is 1. The van der Waals surface area contributed by atoms with Gasteiger partial charge in [-0.15, -0.1) is 0 Å². The number of nitrogens with two attached hydrogens (primary N) is 2. The van der Waals surface area contributed by atoms with Gasteiger partial charge < -0.3 is 15.5 Å². The molecule has 1 heterocycles. The maximum absolute atomic E-state index is 13.3. The number of carbonyl (C=O) groups excluding carboxylic acids is 2. The lowest BCUT2D eigenvalue weighted by Crippen LogP contribution is -2.51. The number of piperazine rings is 1. The standard InChI is InChI=1S/C21H24F2N4O4S/c22-18-5-4-14(11-19(18)23)10-16(24)13-20(28)26-6-8-27(9-7-26)21(29)15-2-1-3-17(12-15)32(25,30)31/h1-5,11-12,16H,6-10,13,24H2,(H2,25,30,31)/t16-/m1/s1. The molecule has 0 spiro atoms. The number of hydrogen-bond donors (Lipinski definition) is 2. The van der Waals surface area contributed by atoms with Crippen LogP contribution in [-0.2, 0) is 21.2 Å². The summed E-state index contributed by atoms with van der Waals surface area (Å²) < 4.78 is 49.4. The summed E-state index contributed by atoms with van der Waals surface area (Å²) in [5.74, 6) is -2.44. The smallest absolute Gasteiger partial charge is 0.254 e. The van der Waals surface area contributed by atoms with Crippen LogP contribution in [0.2, 0.25) is 0 Å². The lowest BCUT2D eigenvalue weighted by Gasteiger charge is -2.35. The zero-order chi connectivity index (χ0) is 23.5. The fourth-order valence-corrected chi connectivity index (χ4v) is 4.10. The molecular weight excluding hydrogens is 442 g/mol. The Morgan fingerprint density at radius 2 is 1.62 bits per heavy atom. The Balaban J connectivity index is 1.53. The molecule has 0 unspecified atom stereocenters. The fraction of sp³-hybridized carbons (Fsp3) is 0.333. The molecule has 0 aromatic heterocycles. The summed E-state index contributed by atoms with van der Waals surface area (Å²) >= 11 is 0. The van der Waals surface area contributed by atoms with Crippen molar-refractivity contribution in [3.8, 4) is 0 Å². The number of primary sulfonamides is 1. The molecule has 0 aliphatic carbocycles. The van der Waals surface area contributed by atoms with Gasteiger partial charge in [-0.1, -0.05) is 12.1 Å². The van der Waals surface area contributed by atoms with E-state index in [2.05, 4.69) is 0 Å². The van der Waals surface area contributed by atoms with Gasteiger partial charge >= 0.3 is 0 Å². The van der Waals surface area contributed by atoms with E-state index in [1.54, 1.807) is 4.90 Å². The molecule has 2 aromatic carbocycles. The summed E-state index contributed by atoms with van der Waals surface area (Å²) in [5, 5.41) is 5.12. The highest BCUT2D eigenvalue weighted by molar-refractivity contribution is 7.89. The topological polar surface area (TPSA) is 127 Å². The molecule has 0 radical (unpaired) electrons. The lowest BCUT2D eigenvalue weighted by molar-refractivity contribution is -0.133. The Morgan fingerprint density at radius 1 is 0.969 bits per heavy atom. The monoisotopic (exact) mass is 466 g/mol. The van der Waals surface area contributed by atoms with E-state index in [4.69, 9.17) is 10.9 Å². The number of benzene rings is 2. The molecule has 1 saturated heterocycles. The Hall–Kier alpha value is -2.89. The lowest BCUT2D eigenvalue weighted by atomic mass is 10.0. The van der Waals surface area contributed by atoms with Gasteiger partial charge in [-0.2, -0.15) is 0 Å². The first kappa shape index (κ1) is 23.8. The second-order valence-corrected chi connectivity index (χ2v) is 9.22. The van der Waals surface area contributed by atoms with E-state index in [0.29, 0.717) is 18.7 Å². The third kappa shape index (κ3) is 5.87. The molecular formula is C21H24F2N4O4S. The van der Waals surface area contributed by atoms with Crippen LogP contribution < -0.4 is 10.9 Å². The van der Waals surface area contributed by atoms with E-state index in [9.17, 15) is 26.8 Å². The Morgan fingerprint density at radius 3 is 2.25 bits per heavy atom. The minimum absolute atomic E-state index is 0.0311. The summed E-state index contributed by atoms with van der Waals surface area (Å²) in [7, 11) is -3.92. The second kappa shape index (κ2) is 9.72. The van der Waals surface area contributed by atoms with Crippen LogP contribution in [0.1, 0.15) is 22.3 Å². The van der Waals surface area contributed by atoms with Gasteiger partial charge in [0.05, 0.1) is 4.90 Å². The van der Waals surface area contributed by atoms with Crippen LogP contribution in [0, 0.1) is 11.6 Å². The average Bonchev–Trinajstić information content (AvgIpc) is 2.75. The molecule has 8 nitrogen and oxygen atoms in total. The van der Waals surface area contributed by atoms with E-state index < -0.39 is 27.7 Å². The Kier molecular flexibility index (Phi) is 7.22. The summed E-state index contributed by atoms with van der Waals surface area (Å²) in [5.41, 5.74) is 6.71. The van der Waals surface area contributed by atoms with Crippen molar-refractivity contribution in [3.63, 3.8) is 0 Å². The van der Waals surface area contributed by atoms with Crippen LogP contribution in [0.25, 0.3) is 0 Å². The molecule has 1 fully saturated rings. The first-order valence-corrected chi connectivity index (χ1v) is 11.5. The van der Waals surface area contributed by atoms with Crippen LogP contribution in [-0.4, -0.2) is 62.3 Å². The van der Waals surface area contributed by atoms with Crippen LogP contribution in [0.3, 0.4) is 0 Å². The van der Waals surface area contributed by atoms with Gasteiger partial charge in [0.15, 0.2) is 11.6 Å². The largest absolute Gasteiger partial charge is 0.339 e. The highest BCUT2D eigenvalue weighted by Crippen LogP contribution is 2.15. The van der Waals surface area contributed by atoms with Crippen molar-refractivity contribution in [2.24, 2.45) is 10.9 Å². The first-order valence-electron chi connectivity index (χ1n) is 9.94. The number of nitrogens with zero attached hydrogens (tertiary/aromatic N) is 2. The van der Waals surface area contributed by atoms with Crippen molar-refractivity contribution in [2.45, 2.75) is 23.8 Å². The highest BCUT2D eigenvalue weighted by atomic mass is 32.2. The van der Waals surface area contributed by atoms with Gasteiger partial charge in [0.1, 0.15) is 0 Å². The van der Waals surface area contributed by atoms with E-state index in [1.807, 2.05) is 0 Å². The second-order valence-electron chi connectivity index (χ2n) is 7.66. The molecule has 1 aliphatic rings. The molecule has 32 heavy (non-hydrogen) atoms. The van der Waals surface area contributed by atoms with Crippen LogP contribution in [0.4, 0.5) is 8.78 Å². The third-order valence-electron chi connectivity index (χ3n) is 5.25. The first-order chi connectivity index (χ1) is 15.0. The maximum atomic E-state index is 13.3. The molecule has 0 bridgehead atoms. The number of rotatable bonds is 6. The molecule has 1 atom stereocenters. The van der Waals surface area contributed by atoms with Crippen molar-refractivity contribution in [3.05, 3.63) is 65.2 Å². The Bertz CT molecular complexity index is 1120. The van der Waals surface area contributed by atoms with Crippen molar-refractivity contribution in [2.75, 3.05) is 26.2 Å². The van der Waals surface area contributed by atoms with Gasteiger partial charge in [-0.05, 0) is 42.3 Å².